The van der Waals surface area contributed by atoms with E-state index in [0.29, 0.717) is 25.7 Å². The van der Waals surface area contributed by atoms with Crippen molar-refractivity contribution in [3.8, 4) is 0 Å². The van der Waals surface area contributed by atoms with Crippen LogP contribution in [0, 0.1) is 17.8 Å². The van der Waals surface area contributed by atoms with Gasteiger partial charge in [0.05, 0.1) is 26.4 Å². The van der Waals surface area contributed by atoms with Crippen molar-refractivity contribution in [1.29, 1.82) is 0 Å². The minimum atomic E-state index is -4.97. The third kappa shape index (κ3) is 84.9. The van der Waals surface area contributed by atoms with E-state index in [1.165, 1.54) is 315 Å². The molecule has 17 nitrogen and oxygen atoms in total. The molecule has 113 heavy (non-hydrogen) atoms. The Balaban J connectivity index is 5.24. The first-order valence-electron chi connectivity index (χ1n) is 48.4. The Morgan fingerprint density at radius 1 is 0.257 bits per heavy atom. The number of hydrogen-bond acceptors (Lipinski definition) is 15. The van der Waals surface area contributed by atoms with E-state index in [0.717, 1.165) is 108 Å². The van der Waals surface area contributed by atoms with Crippen LogP contribution in [0.5, 0.6) is 0 Å². The Bertz CT molecular complexity index is 2170. The summed E-state index contributed by atoms with van der Waals surface area (Å²) in [4.78, 5) is 73.5. The lowest BCUT2D eigenvalue weighted by Gasteiger charge is -2.21. The van der Waals surface area contributed by atoms with Gasteiger partial charge in [-0.15, -0.1) is 0 Å². The number of phosphoric ester groups is 2. The van der Waals surface area contributed by atoms with E-state index in [1.54, 1.807) is 0 Å². The summed E-state index contributed by atoms with van der Waals surface area (Å²) in [6.07, 6.45) is 77.7. The Morgan fingerprint density at radius 2 is 0.451 bits per heavy atom. The fourth-order valence-electron chi connectivity index (χ4n) is 14.7. The third-order valence-corrected chi connectivity index (χ3v) is 24.8. The van der Waals surface area contributed by atoms with Gasteiger partial charge in [-0.3, -0.25) is 37.3 Å². The van der Waals surface area contributed by atoms with Gasteiger partial charge >= 0.3 is 39.5 Å². The van der Waals surface area contributed by atoms with Crippen molar-refractivity contribution in [2.75, 3.05) is 39.6 Å². The first-order valence-corrected chi connectivity index (χ1v) is 51.4. The lowest BCUT2D eigenvalue weighted by atomic mass is 9.99. The molecule has 0 saturated heterocycles. The van der Waals surface area contributed by atoms with Crippen molar-refractivity contribution in [3.05, 3.63) is 0 Å². The maximum atomic E-state index is 13.2. The van der Waals surface area contributed by atoms with Gasteiger partial charge in [0.25, 0.3) is 0 Å². The number of hydrogen-bond donors (Lipinski definition) is 3. The smallest absolute Gasteiger partial charge is 0.462 e. The molecule has 0 bridgehead atoms. The second-order valence-corrected chi connectivity index (χ2v) is 37.6. The van der Waals surface area contributed by atoms with Crippen LogP contribution in [0.15, 0.2) is 0 Å². The summed E-state index contributed by atoms with van der Waals surface area (Å²) in [7, 11) is -9.94. The molecule has 0 fully saturated rings. The van der Waals surface area contributed by atoms with Gasteiger partial charge in [0.15, 0.2) is 12.2 Å². The average Bonchev–Trinajstić information content (AvgIpc) is 0.907. The number of carbonyl (C=O) groups excluding carboxylic acids is 4. The van der Waals surface area contributed by atoms with E-state index in [-0.39, 0.29) is 25.7 Å². The fourth-order valence-corrected chi connectivity index (χ4v) is 16.3. The molecule has 0 radical (unpaired) electrons. The van der Waals surface area contributed by atoms with E-state index in [2.05, 4.69) is 48.5 Å². The van der Waals surface area contributed by atoms with Crippen molar-refractivity contribution < 1.29 is 80.2 Å². The third-order valence-electron chi connectivity index (χ3n) is 22.9. The SMILES string of the molecule is CCCCCCCCCCCCCCC(=O)OC[C@H](COP(=O)(O)OC[C@H](O)COP(=O)(O)OC[C@@H](COC(=O)CCCCCCCCCCCCCCCCCCCCC(C)CC)OC(=O)CCCCCCCCCCCCCCCCCCCCC(C)CC)OC(=O)CCCCCCCCCCCCCCCCC(C)C. The van der Waals surface area contributed by atoms with Crippen molar-refractivity contribution in [2.45, 2.75) is 523 Å². The van der Waals surface area contributed by atoms with Crippen LogP contribution in [0.2, 0.25) is 0 Å². The van der Waals surface area contributed by atoms with Crippen LogP contribution in [0.4, 0.5) is 0 Å². The highest BCUT2D eigenvalue weighted by molar-refractivity contribution is 7.47. The largest absolute Gasteiger partial charge is 0.472 e. The Hall–Kier alpha value is -1.94. The molecule has 0 spiro atoms. The summed E-state index contributed by atoms with van der Waals surface area (Å²) < 4.78 is 69.2. The molecular formula is C94H184O17P2. The van der Waals surface area contributed by atoms with Crippen molar-refractivity contribution >= 4 is 39.5 Å². The van der Waals surface area contributed by atoms with Crippen molar-refractivity contribution in [1.82, 2.24) is 0 Å². The molecule has 7 atom stereocenters. The summed E-state index contributed by atoms with van der Waals surface area (Å²) in [6, 6.07) is 0. The lowest BCUT2D eigenvalue weighted by Crippen LogP contribution is -2.30. The molecule has 672 valence electrons. The molecule has 0 aliphatic carbocycles. The summed E-state index contributed by atoms with van der Waals surface area (Å²) in [5.41, 5.74) is 0. The topological polar surface area (TPSA) is 237 Å². The van der Waals surface area contributed by atoms with E-state index in [9.17, 15) is 43.2 Å². The molecule has 0 aliphatic heterocycles. The molecule has 0 amide bonds. The van der Waals surface area contributed by atoms with Gasteiger partial charge in [-0.25, -0.2) is 9.13 Å². The van der Waals surface area contributed by atoms with Gasteiger partial charge in [0, 0.05) is 25.7 Å². The monoisotopic (exact) mass is 1650 g/mol. The zero-order valence-electron chi connectivity index (χ0n) is 74.9. The highest BCUT2D eigenvalue weighted by atomic mass is 31.2. The predicted molar refractivity (Wildman–Crippen MR) is 469 cm³/mol. The number of rotatable bonds is 92. The van der Waals surface area contributed by atoms with Crippen LogP contribution in [-0.2, 0) is 65.4 Å². The second-order valence-electron chi connectivity index (χ2n) is 34.7. The summed E-state index contributed by atoms with van der Waals surface area (Å²) >= 11 is 0. The summed E-state index contributed by atoms with van der Waals surface area (Å²) in [5, 5.41) is 10.7. The number of aliphatic hydroxyl groups excluding tert-OH is 1. The number of esters is 4. The van der Waals surface area contributed by atoms with Gasteiger partial charge in [0.2, 0.25) is 0 Å². The number of unbranched alkanes of at least 4 members (excludes halogenated alkanes) is 58. The standard InChI is InChI=1S/C94H184O17P2/c1-8-11-12-13-14-15-16-40-47-54-61-68-75-91(96)104-81-89(110-94(99)78-71-64-57-50-43-36-30-29-31-37-44-51-58-65-72-85(4)5)83-108-112(100,101)106-79-88(95)80-107-113(102,103)109-84-90(111-93(98)77-70-63-56-49-42-35-28-24-20-18-22-26-33-39-46-53-60-67-74-87(7)10-3)82-105-92(97)76-69-62-55-48-41-34-27-23-19-17-21-25-32-38-45-52-59-66-73-86(6)9-2/h85-90,95H,8-84H2,1-7H3,(H,100,101)(H,102,103)/t86?,87?,88-,89+,90+/m0/s1. The average molecular weight is 1650 g/mol. The minimum absolute atomic E-state index is 0.108. The van der Waals surface area contributed by atoms with Crippen LogP contribution >= 0.6 is 15.6 Å². The van der Waals surface area contributed by atoms with E-state index in [1.807, 2.05) is 0 Å². The van der Waals surface area contributed by atoms with Crippen LogP contribution in [0.25, 0.3) is 0 Å². The number of carbonyl (C=O) groups is 4. The van der Waals surface area contributed by atoms with Crippen LogP contribution < -0.4 is 0 Å². The molecule has 0 heterocycles. The van der Waals surface area contributed by atoms with Crippen molar-refractivity contribution in [2.24, 2.45) is 17.8 Å². The van der Waals surface area contributed by atoms with Gasteiger partial charge in [-0.2, -0.15) is 0 Å². The quantitative estimate of drug-likeness (QED) is 0.0222. The molecule has 0 aromatic rings. The number of phosphoric acid groups is 2. The molecule has 0 rings (SSSR count). The van der Waals surface area contributed by atoms with Crippen LogP contribution in [-0.4, -0.2) is 96.7 Å². The molecule has 0 aliphatic rings. The van der Waals surface area contributed by atoms with Crippen LogP contribution in [0.1, 0.15) is 504 Å². The van der Waals surface area contributed by atoms with E-state index >= 15 is 0 Å². The molecule has 19 heteroatoms. The minimum Gasteiger partial charge on any atom is -0.462 e. The second kappa shape index (κ2) is 83.7. The van der Waals surface area contributed by atoms with Gasteiger partial charge in [-0.1, -0.05) is 453 Å². The number of ether oxygens (including phenoxy) is 4. The first kappa shape index (κ1) is 111. The van der Waals surface area contributed by atoms with E-state index in [4.69, 9.17) is 37.0 Å². The molecule has 0 aromatic carbocycles. The molecule has 0 saturated carbocycles. The Labute approximate surface area is 696 Å². The zero-order valence-corrected chi connectivity index (χ0v) is 76.7. The van der Waals surface area contributed by atoms with Gasteiger partial charge in [-0.05, 0) is 43.4 Å². The van der Waals surface area contributed by atoms with E-state index < -0.39 is 97.5 Å². The Morgan fingerprint density at radius 3 is 0.673 bits per heavy atom. The normalized spacial score (nSPS) is 14.2. The zero-order chi connectivity index (χ0) is 82.9. The van der Waals surface area contributed by atoms with Crippen LogP contribution in [0.3, 0.4) is 0 Å². The molecule has 3 N–H and O–H groups in total. The highest BCUT2D eigenvalue weighted by Gasteiger charge is 2.31. The molecular weight excluding hydrogens is 1460 g/mol. The first-order chi connectivity index (χ1) is 54.8. The number of aliphatic hydroxyl groups is 1. The fraction of sp³-hybridized carbons (Fsp3) is 0.957. The Kier molecular flexibility index (Phi) is 82.3. The summed E-state index contributed by atoms with van der Waals surface area (Å²) in [5.74, 6) is 0.447. The molecule has 0 aromatic heterocycles. The maximum absolute atomic E-state index is 13.2. The van der Waals surface area contributed by atoms with Gasteiger partial charge in [0.1, 0.15) is 19.3 Å². The predicted octanol–water partition coefficient (Wildman–Crippen LogP) is 29.2. The molecule has 4 unspecified atom stereocenters. The highest BCUT2D eigenvalue weighted by Crippen LogP contribution is 2.45. The maximum Gasteiger partial charge on any atom is 0.472 e. The van der Waals surface area contributed by atoms with Crippen molar-refractivity contribution in [3.63, 3.8) is 0 Å². The lowest BCUT2D eigenvalue weighted by molar-refractivity contribution is -0.161. The summed E-state index contributed by atoms with van der Waals surface area (Å²) in [6.45, 7) is 12.2. The van der Waals surface area contributed by atoms with Gasteiger partial charge < -0.3 is 33.8 Å².